The fraction of sp³-hybridized carbons (Fsp3) is 0.263. The second-order valence-electron chi connectivity index (χ2n) is 6.04. The first kappa shape index (κ1) is 15.3. The van der Waals surface area contributed by atoms with Gasteiger partial charge in [-0.05, 0) is 47.9 Å². The summed E-state index contributed by atoms with van der Waals surface area (Å²) in [6.45, 7) is 3.04. The molecule has 0 bridgehead atoms. The first-order valence-corrected chi connectivity index (χ1v) is 9.14. The highest BCUT2D eigenvalue weighted by atomic mass is 79.9. The van der Waals surface area contributed by atoms with Crippen LogP contribution < -0.4 is 5.32 Å². The van der Waals surface area contributed by atoms with E-state index in [0.29, 0.717) is 0 Å². The summed E-state index contributed by atoms with van der Waals surface area (Å²) in [6.07, 6.45) is 2.12. The second kappa shape index (κ2) is 6.31. The molecule has 1 aliphatic heterocycles. The fourth-order valence-corrected chi connectivity index (χ4v) is 3.99. The third-order valence-electron chi connectivity index (χ3n) is 4.63. The third-order valence-corrected chi connectivity index (χ3v) is 5.37. The zero-order valence-electron chi connectivity index (χ0n) is 12.8. The van der Waals surface area contributed by atoms with E-state index in [1.807, 2.05) is 12.1 Å². The lowest BCUT2D eigenvalue weighted by Crippen LogP contribution is -2.24. The van der Waals surface area contributed by atoms with E-state index in [0.717, 1.165) is 42.0 Å². The van der Waals surface area contributed by atoms with Crippen molar-refractivity contribution >= 4 is 38.4 Å². The van der Waals surface area contributed by atoms with Gasteiger partial charge in [-0.3, -0.25) is 0 Å². The SMILES string of the molecule is Clc1ccc(CCn2c3c(c4cc(Br)ccc42)CNCC3)cc1. The van der Waals surface area contributed by atoms with Gasteiger partial charge in [0.25, 0.3) is 0 Å². The van der Waals surface area contributed by atoms with Crippen LogP contribution in [0, 0.1) is 0 Å². The summed E-state index contributed by atoms with van der Waals surface area (Å²) in [4.78, 5) is 0. The standard InChI is InChI=1S/C19H18BrClN2/c20-14-3-6-18-16(11-14)17-12-22-9-7-19(17)23(18)10-8-13-1-4-15(21)5-2-13/h1-6,11,22H,7-10,12H2. The predicted octanol–water partition coefficient (Wildman–Crippen LogP) is 4.95. The molecule has 2 aromatic carbocycles. The Morgan fingerprint density at radius 3 is 2.78 bits per heavy atom. The van der Waals surface area contributed by atoms with Crippen molar-refractivity contribution in [2.24, 2.45) is 0 Å². The molecule has 1 aromatic heterocycles. The minimum Gasteiger partial charge on any atom is -0.344 e. The van der Waals surface area contributed by atoms with Crippen molar-refractivity contribution in [2.45, 2.75) is 25.9 Å². The largest absolute Gasteiger partial charge is 0.344 e. The van der Waals surface area contributed by atoms with Crippen LogP contribution in [0.15, 0.2) is 46.9 Å². The van der Waals surface area contributed by atoms with Crippen LogP contribution in [0.3, 0.4) is 0 Å². The average Bonchev–Trinajstić information content (AvgIpc) is 2.88. The van der Waals surface area contributed by atoms with Gasteiger partial charge in [-0.1, -0.05) is 39.7 Å². The first-order valence-electron chi connectivity index (χ1n) is 7.97. The highest BCUT2D eigenvalue weighted by Gasteiger charge is 2.19. The van der Waals surface area contributed by atoms with Gasteiger partial charge in [-0.25, -0.2) is 0 Å². The molecule has 2 nitrogen and oxygen atoms in total. The van der Waals surface area contributed by atoms with Crippen LogP contribution in [0.5, 0.6) is 0 Å². The van der Waals surface area contributed by atoms with Crippen molar-refractivity contribution in [3.8, 4) is 0 Å². The summed E-state index contributed by atoms with van der Waals surface area (Å²) in [7, 11) is 0. The molecule has 0 aliphatic carbocycles. The summed E-state index contributed by atoms with van der Waals surface area (Å²) in [5, 5.41) is 5.67. The van der Waals surface area contributed by atoms with E-state index in [2.05, 4.69) is 56.1 Å². The van der Waals surface area contributed by atoms with Gasteiger partial charge in [0.05, 0.1) is 0 Å². The quantitative estimate of drug-likeness (QED) is 0.671. The molecule has 23 heavy (non-hydrogen) atoms. The maximum atomic E-state index is 5.98. The summed E-state index contributed by atoms with van der Waals surface area (Å²) >= 11 is 9.59. The van der Waals surface area contributed by atoms with Crippen molar-refractivity contribution < 1.29 is 0 Å². The molecule has 0 saturated heterocycles. The number of rotatable bonds is 3. The molecule has 2 heterocycles. The molecule has 0 saturated carbocycles. The Labute approximate surface area is 149 Å². The molecule has 3 aromatic rings. The zero-order valence-corrected chi connectivity index (χ0v) is 15.1. The van der Waals surface area contributed by atoms with Gasteiger partial charge in [-0.15, -0.1) is 0 Å². The summed E-state index contributed by atoms with van der Waals surface area (Å²) < 4.78 is 3.65. The Bertz CT molecular complexity index is 852. The van der Waals surface area contributed by atoms with E-state index in [9.17, 15) is 0 Å². The highest BCUT2D eigenvalue weighted by Crippen LogP contribution is 2.31. The molecule has 118 valence electrons. The van der Waals surface area contributed by atoms with Gasteiger partial charge >= 0.3 is 0 Å². The number of fused-ring (bicyclic) bond motifs is 3. The van der Waals surface area contributed by atoms with E-state index in [-0.39, 0.29) is 0 Å². The summed E-state index contributed by atoms with van der Waals surface area (Å²) in [6, 6.07) is 14.8. The second-order valence-corrected chi connectivity index (χ2v) is 7.39. The number of aromatic nitrogens is 1. The molecule has 0 spiro atoms. The predicted molar refractivity (Wildman–Crippen MR) is 100 cm³/mol. The molecule has 0 radical (unpaired) electrons. The van der Waals surface area contributed by atoms with Gasteiger partial charge in [0.2, 0.25) is 0 Å². The maximum Gasteiger partial charge on any atom is 0.0486 e. The van der Waals surface area contributed by atoms with Crippen molar-refractivity contribution in [2.75, 3.05) is 6.54 Å². The third kappa shape index (κ3) is 2.93. The van der Waals surface area contributed by atoms with Crippen molar-refractivity contribution in [1.29, 1.82) is 0 Å². The Hall–Kier alpha value is -1.29. The molecule has 4 rings (SSSR count). The number of halogens is 2. The van der Waals surface area contributed by atoms with Gasteiger partial charge in [0.15, 0.2) is 0 Å². The average molecular weight is 390 g/mol. The lowest BCUT2D eigenvalue weighted by molar-refractivity contribution is 0.594. The molecule has 0 atom stereocenters. The lowest BCUT2D eigenvalue weighted by atomic mass is 10.1. The van der Waals surface area contributed by atoms with Crippen molar-refractivity contribution in [3.05, 3.63) is 68.8 Å². The van der Waals surface area contributed by atoms with Crippen LogP contribution in [0.2, 0.25) is 5.02 Å². The van der Waals surface area contributed by atoms with Gasteiger partial charge < -0.3 is 9.88 Å². The number of aryl methyl sites for hydroxylation is 2. The summed E-state index contributed by atoms with van der Waals surface area (Å²) in [5.74, 6) is 0. The molecular weight excluding hydrogens is 372 g/mol. The molecular formula is C19H18BrClN2. The molecule has 1 aliphatic rings. The van der Waals surface area contributed by atoms with Gasteiger partial charge in [0.1, 0.15) is 0 Å². The van der Waals surface area contributed by atoms with Crippen LogP contribution in [0.25, 0.3) is 10.9 Å². The first-order chi connectivity index (χ1) is 11.2. The number of hydrogen-bond acceptors (Lipinski definition) is 1. The van der Waals surface area contributed by atoms with Crippen molar-refractivity contribution in [1.82, 2.24) is 9.88 Å². The van der Waals surface area contributed by atoms with Gasteiger partial charge in [-0.2, -0.15) is 0 Å². The highest BCUT2D eigenvalue weighted by molar-refractivity contribution is 9.10. The maximum absolute atomic E-state index is 5.98. The monoisotopic (exact) mass is 388 g/mol. The van der Waals surface area contributed by atoms with Crippen LogP contribution in [0.4, 0.5) is 0 Å². The van der Waals surface area contributed by atoms with E-state index < -0.39 is 0 Å². The molecule has 0 amide bonds. The Balaban J connectivity index is 1.72. The van der Waals surface area contributed by atoms with Crippen LogP contribution in [-0.4, -0.2) is 11.1 Å². The topological polar surface area (TPSA) is 17.0 Å². The Morgan fingerprint density at radius 2 is 1.96 bits per heavy atom. The van der Waals surface area contributed by atoms with E-state index in [1.165, 1.54) is 27.7 Å². The van der Waals surface area contributed by atoms with E-state index in [4.69, 9.17) is 11.6 Å². The van der Waals surface area contributed by atoms with Crippen LogP contribution >= 0.6 is 27.5 Å². The molecule has 0 unspecified atom stereocenters. The molecule has 4 heteroatoms. The van der Waals surface area contributed by atoms with Crippen LogP contribution in [0.1, 0.15) is 16.8 Å². The normalized spacial score (nSPS) is 14.2. The minimum atomic E-state index is 0.800. The molecule has 0 fully saturated rings. The number of nitrogens with one attached hydrogen (secondary N) is 1. The smallest absolute Gasteiger partial charge is 0.0486 e. The number of nitrogens with zero attached hydrogens (tertiary/aromatic N) is 1. The number of benzene rings is 2. The minimum absolute atomic E-state index is 0.800. The van der Waals surface area contributed by atoms with E-state index in [1.54, 1.807) is 0 Å². The van der Waals surface area contributed by atoms with Crippen LogP contribution in [-0.2, 0) is 25.9 Å². The lowest BCUT2D eigenvalue weighted by Gasteiger charge is -2.17. The van der Waals surface area contributed by atoms with E-state index >= 15 is 0 Å². The molecule has 1 N–H and O–H groups in total. The zero-order chi connectivity index (χ0) is 15.8. The Kier molecular flexibility index (Phi) is 4.18. The van der Waals surface area contributed by atoms with Gasteiger partial charge in [0, 0.05) is 52.1 Å². The summed E-state index contributed by atoms with van der Waals surface area (Å²) in [5.41, 5.74) is 5.63. The fourth-order valence-electron chi connectivity index (χ4n) is 3.50. The van der Waals surface area contributed by atoms with Crippen molar-refractivity contribution in [3.63, 3.8) is 0 Å². The number of hydrogen-bond donors (Lipinski definition) is 1. The Morgan fingerprint density at radius 1 is 1.13 bits per heavy atom.